The van der Waals surface area contributed by atoms with Crippen molar-refractivity contribution in [1.82, 2.24) is 4.98 Å². The fraction of sp³-hybridized carbons (Fsp3) is 0.583. The van der Waals surface area contributed by atoms with Gasteiger partial charge < -0.3 is 10.0 Å². The van der Waals surface area contributed by atoms with Crippen molar-refractivity contribution < 1.29 is 5.11 Å². The molecule has 1 atom stereocenters. The molecule has 0 saturated heterocycles. The van der Waals surface area contributed by atoms with Gasteiger partial charge in [0.1, 0.15) is 5.82 Å². The van der Waals surface area contributed by atoms with Gasteiger partial charge in [-0.3, -0.25) is 0 Å². The second-order valence-corrected chi connectivity index (χ2v) is 4.40. The highest BCUT2D eigenvalue weighted by Gasteiger charge is 2.06. The molecule has 3 nitrogen and oxygen atoms in total. The van der Waals surface area contributed by atoms with Crippen LogP contribution in [0.15, 0.2) is 18.3 Å². The van der Waals surface area contributed by atoms with Crippen LogP contribution in [0.5, 0.6) is 0 Å². The van der Waals surface area contributed by atoms with Crippen LogP contribution in [0.25, 0.3) is 0 Å². The van der Waals surface area contributed by atoms with Crippen molar-refractivity contribution in [3.05, 3.63) is 23.9 Å². The Morgan fingerprint density at radius 2 is 2.00 bits per heavy atom. The molecular weight excluding hydrogens is 188 g/mol. The van der Waals surface area contributed by atoms with Crippen LogP contribution in [0.1, 0.15) is 32.4 Å². The van der Waals surface area contributed by atoms with Gasteiger partial charge in [0.05, 0.1) is 6.10 Å². The fourth-order valence-electron chi connectivity index (χ4n) is 1.51. The first-order chi connectivity index (χ1) is 7.00. The van der Waals surface area contributed by atoms with E-state index in [1.807, 2.05) is 19.2 Å². The molecule has 0 bridgehead atoms. The van der Waals surface area contributed by atoms with E-state index in [2.05, 4.69) is 23.7 Å². The van der Waals surface area contributed by atoms with Gasteiger partial charge in [-0.2, -0.15) is 0 Å². The zero-order chi connectivity index (χ0) is 11.4. The maximum absolute atomic E-state index is 9.35. The molecule has 0 aliphatic carbocycles. The van der Waals surface area contributed by atoms with E-state index in [4.69, 9.17) is 0 Å². The molecule has 0 aliphatic rings. The summed E-state index contributed by atoms with van der Waals surface area (Å²) in [5, 5.41) is 9.35. The minimum absolute atomic E-state index is 0.443. The molecular formula is C12H20N2O. The van der Waals surface area contributed by atoms with E-state index >= 15 is 0 Å². The number of anilines is 1. The fourth-order valence-corrected chi connectivity index (χ4v) is 1.51. The van der Waals surface area contributed by atoms with E-state index < -0.39 is 6.10 Å². The van der Waals surface area contributed by atoms with E-state index in [1.165, 1.54) is 0 Å². The second-order valence-electron chi connectivity index (χ2n) is 4.40. The summed E-state index contributed by atoms with van der Waals surface area (Å²) in [4.78, 5) is 6.44. The third-order valence-corrected chi connectivity index (χ3v) is 2.28. The molecule has 0 unspecified atom stereocenters. The van der Waals surface area contributed by atoms with Crippen LogP contribution in [0.3, 0.4) is 0 Å². The number of hydrogen-bond acceptors (Lipinski definition) is 3. The van der Waals surface area contributed by atoms with Gasteiger partial charge >= 0.3 is 0 Å². The van der Waals surface area contributed by atoms with Gasteiger partial charge in [-0.05, 0) is 24.5 Å². The van der Waals surface area contributed by atoms with Crippen molar-refractivity contribution in [1.29, 1.82) is 0 Å². The molecule has 3 heteroatoms. The first kappa shape index (κ1) is 12.0. The van der Waals surface area contributed by atoms with Crippen molar-refractivity contribution in [3.8, 4) is 0 Å². The van der Waals surface area contributed by atoms with Gasteiger partial charge in [0.2, 0.25) is 0 Å². The zero-order valence-electron chi connectivity index (χ0n) is 9.94. The molecule has 1 aromatic rings. The number of pyridine rings is 1. The predicted molar refractivity (Wildman–Crippen MR) is 63.0 cm³/mol. The van der Waals surface area contributed by atoms with Crippen molar-refractivity contribution in [2.45, 2.75) is 26.9 Å². The lowest BCUT2D eigenvalue weighted by Crippen LogP contribution is -2.23. The summed E-state index contributed by atoms with van der Waals surface area (Å²) < 4.78 is 0. The number of aliphatic hydroxyl groups excluding tert-OH is 1. The average molecular weight is 208 g/mol. The van der Waals surface area contributed by atoms with E-state index in [-0.39, 0.29) is 0 Å². The molecule has 0 amide bonds. The Kier molecular flexibility index (Phi) is 4.09. The number of hydrogen-bond donors (Lipinski definition) is 1. The van der Waals surface area contributed by atoms with Gasteiger partial charge in [-0.1, -0.05) is 19.9 Å². The molecule has 0 saturated carbocycles. The summed E-state index contributed by atoms with van der Waals surface area (Å²) in [7, 11) is 2.03. The summed E-state index contributed by atoms with van der Waals surface area (Å²) in [6.45, 7) is 7.09. The standard InChI is InChI=1S/C12H20N2O/c1-9(2)8-14(4)12-6-5-11(7-13-12)10(3)15/h5-7,9-10,15H,8H2,1-4H3/t10-/m0/s1. The van der Waals surface area contributed by atoms with Crippen LogP contribution in [0, 0.1) is 5.92 Å². The average Bonchev–Trinajstić information content (AvgIpc) is 2.17. The molecule has 1 rings (SSSR count). The summed E-state index contributed by atoms with van der Waals surface area (Å²) >= 11 is 0. The normalized spacial score (nSPS) is 12.9. The summed E-state index contributed by atoms with van der Waals surface area (Å²) in [6.07, 6.45) is 1.29. The van der Waals surface area contributed by atoms with E-state index in [0.29, 0.717) is 5.92 Å². The first-order valence-electron chi connectivity index (χ1n) is 5.36. The van der Waals surface area contributed by atoms with Gasteiger partial charge in [-0.25, -0.2) is 4.98 Å². The number of nitrogens with zero attached hydrogens (tertiary/aromatic N) is 2. The smallest absolute Gasteiger partial charge is 0.128 e. The minimum Gasteiger partial charge on any atom is -0.389 e. The summed E-state index contributed by atoms with van der Waals surface area (Å²) in [5.41, 5.74) is 0.858. The van der Waals surface area contributed by atoms with Crippen LogP contribution in [-0.4, -0.2) is 23.7 Å². The van der Waals surface area contributed by atoms with E-state index in [0.717, 1.165) is 17.9 Å². The molecule has 0 radical (unpaired) electrons. The Bertz CT molecular complexity index is 293. The quantitative estimate of drug-likeness (QED) is 0.824. The van der Waals surface area contributed by atoms with Gasteiger partial charge in [0.25, 0.3) is 0 Å². The Labute approximate surface area is 91.8 Å². The molecule has 0 aliphatic heterocycles. The van der Waals surface area contributed by atoms with E-state index in [9.17, 15) is 5.11 Å². The molecule has 84 valence electrons. The molecule has 1 N–H and O–H groups in total. The first-order valence-corrected chi connectivity index (χ1v) is 5.36. The zero-order valence-corrected chi connectivity index (χ0v) is 9.94. The van der Waals surface area contributed by atoms with Gasteiger partial charge in [-0.15, -0.1) is 0 Å². The molecule has 0 spiro atoms. The van der Waals surface area contributed by atoms with Gasteiger partial charge in [0.15, 0.2) is 0 Å². The topological polar surface area (TPSA) is 36.4 Å². The lowest BCUT2D eigenvalue weighted by atomic mass is 10.2. The predicted octanol–water partition coefficient (Wildman–Crippen LogP) is 2.23. The molecule has 0 fully saturated rings. The van der Waals surface area contributed by atoms with E-state index in [1.54, 1.807) is 13.1 Å². The Hall–Kier alpha value is -1.09. The lowest BCUT2D eigenvalue weighted by Gasteiger charge is -2.20. The highest BCUT2D eigenvalue weighted by atomic mass is 16.3. The number of aliphatic hydroxyl groups is 1. The monoisotopic (exact) mass is 208 g/mol. The molecule has 1 aromatic heterocycles. The van der Waals surface area contributed by atoms with Crippen LogP contribution in [0.2, 0.25) is 0 Å². The Morgan fingerprint density at radius 1 is 1.33 bits per heavy atom. The Balaban J connectivity index is 2.71. The van der Waals surface area contributed by atoms with Crippen molar-refractivity contribution in [3.63, 3.8) is 0 Å². The minimum atomic E-state index is -0.443. The van der Waals surface area contributed by atoms with Crippen LogP contribution in [-0.2, 0) is 0 Å². The Morgan fingerprint density at radius 3 is 2.40 bits per heavy atom. The largest absolute Gasteiger partial charge is 0.389 e. The maximum atomic E-state index is 9.35. The SMILES string of the molecule is CC(C)CN(C)c1ccc([C@H](C)O)cn1. The van der Waals surface area contributed by atoms with Crippen LogP contribution in [0.4, 0.5) is 5.82 Å². The van der Waals surface area contributed by atoms with Crippen molar-refractivity contribution in [2.75, 3.05) is 18.5 Å². The van der Waals surface area contributed by atoms with Crippen molar-refractivity contribution >= 4 is 5.82 Å². The molecule has 15 heavy (non-hydrogen) atoms. The maximum Gasteiger partial charge on any atom is 0.128 e. The third-order valence-electron chi connectivity index (χ3n) is 2.28. The highest BCUT2D eigenvalue weighted by Crippen LogP contribution is 2.15. The van der Waals surface area contributed by atoms with Gasteiger partial charge in [0, 0.05) is 19.8 Å². The van der Waals surface area contributed by atoms with Crippen LogP contribution < -0.4 is 4.90 Å². The molecule has 1 heterocycles. The number of rotatable bonds is 4. The lowest BCUT2D eigenvalue weighted by molar-refractivity contribution is 0.199. The summed E-state index contributed by atoms with van der Waals surface area (Å²) in [6, 6.07) is 3.87. The van der Waals surface area contributed by atoms with Crippen molar-refractivity contribution in [2.24, 2.45) is 5.92 Å². The third kappa shape index (κ3) is 3.51. The summed E-state index contributed by atoms with van der Waals surface area (Å²) in [5.74, 6) is 1.57. The van der Waals surface area contributed by atoms with Crippen LogP contribution >= 0.6 is 0 Å². The highest BCUT2D eigenvalue weighted by molar-refractivity contribution is 5.38. The second kappa shape index (κ2) is 5.12. The number of aromatic nitrogens is 1. The molecule has 0 aromatic carbocycles.